The highest BCUT2D eigenvalue weighted by molar-refractivity contribution is 7.91. The van der Waals surface area contributed by atoms with Gasteiger partial charge in [0.25, 0.3) is 10.0 Å². The number of sulfonamides is 1. The minimum absolute atomic E-state index is 0.123. The van der Waals surface area contributed by atoms with Crippen LogP contribution in [0.25, 0.3) is 0 Å². The van der Waals surface area contributed by atoms with Crippen molar-refractivity contribution in [2.24, 2.45) is 0 Å². The number of nitrogens with zero attached hydrogens (tertiary/aromatic N) is 1. The topological polar surface area (TPSA) is 66.5 Å². The Morgan fingerprint density at radius 1 is 1.41 bits per heavy atom. The summed E-state index contributed by atoms with van der Waals surface area (Å²) in [6.07, 6.45) is 6.90. The van der Waals surface area contributed by atoms with Gasteiger partial charge in [-0.05, 0) is 24.3 Å². The summed E-state index contributed by atoms with van der Waals surface area (Å²) < 4.78 is 26.5. The van der Waals surface area contributed by atoms with Crippen molar-refractivity contribution in [3.63, 3.8) is 0 Å². The van der Waals surface area contributed by atoms with E-state index in [0.29, 0.717) is 0 Å². The lowest BCUT2D eigenvalue weighted by Crippen LogP contribution is -2.44. The van der Waals surface area contributed by atoms with E-state index >= 15 is 0 Å². The molecule has 0 radical (unpaired) electrons. The summed E-state index contributed by atoms with van der Waals surface area (Å²) in [5, 5.41) is 4.66. The zero-order valence-electron chi connectivity index (χ0n) is 12.5. The summed E-state index contributed by atoms with van der Waals surface area (Å²) in [4.78, 5) is 12.2. The number of carbonyl (C=O) groups excluding carboxylic acids is 1. The van der Waals surface area contributed by atoms with E-state index in [1.54, 1.807) is 17.5 Å². The van der Waals surface area contributed by atoms with E-state index in [4.69, 9.17) is 0 Å². The first-order valence-electron chi connectivity index (χ1n) is 7.48. The number of carbonyl (C=O) groups is 1. The third kappa shape index (κ3) is 4.41. The van der Waals surface area contributed by atoms with Crippen LogP contribution in [-0.2, 0) is 14.8 Å². The van der Waals surface area contributed by atoms with Gasteiger partial charge in [-0.15, -0.1) is 17.9 Å². The minimum Gasteiger partial charge on any atom is -0.352 e. The van der Waals surface area contributed by atoms with Gasteiger partial charge >= 0.3 is 0 Å². The third-order valence-corrected chi connectivity index (χ3v) is 6.90. The Balaban J connectivity index is 2.02. The molecule has 0 aliphatic heterocycles. The van der Waals surface area contributed by atoms with Gasteiger partial charge in [-0.2, -0.15) is 4.31 Å². The summed E-state index contributed by atoms with van der Waals surface area (Å²) in [6, 6.07) is 3.41. The predicted octanol–water partition coefficient (Wildman–Crippen LogP) is 2.37. The molecule has 1 N–H and O–H groups in total. The summed E-state index contributed by atoms with van der Waals surface area (Å²) in [7, 11) is -3.64. The molecule has 0 bridgehead atoms. The highest BCUT2D eigenvalue weighted by Crippen LogP contribution is 2.21. The smallest absolute Gasteiger partial charge is 0.253 e. The summed E-state index contributed by atoms with van der Waals surface area (Å²) >= 11 is 1.15. The molecule has 1 aliphatic carbocycles. The molecule has 1 aromatic rings. The van der Waals surface area contributed by atoms with Gasteiger partial charge in [0.15, 0.2) is 0 Å². The standard InChI is InChI=1S/C15H22N2O3S2/c1-2-10-17(22(19,20)15-9-6-11-21-15)12-14(18)16-13-7-4-3-5-8-13/h2,6,9,11,13H,1,3-5,7-8,10,12H2,(H,16,18). The number of thiophene rings is 1. The molecule has 1 aliphatic rings. The number of amides is 1. The van der Waals surface area contributed by atoms with Crippen LogP contribution in [0.15, 0.2) is 34.4 Å². The molecule has 5 nitrogen and oxygen atoms in total. The fourth-order valence-electron chi connectivity index (χ4n) is 2.61. The van der Waals surface area contributed by atoms with Crippen molar-refractivity contribution in [1.29, 1.82) is 0 Å². The Labute approximate surface area is 136 Å². The molecule has 22 heavy (non-hydrogen) atoms. The van der Waals surface area contributed by atoms with Gasteiger partial charge in [-0.25, -0.2) is 8.42 Å². The summed E-state index contributed by atoms with van der Waals surface area (Å²) in [6.45, 7) is 3.54. The van der Waals surface area contributed by atoms with Crippen molar-refractivity contribution >= 4 is 27.3 Å². The maximum atomic E-state index is 12.5. The zero-order valence-corrected chi connectivity index (χ0v) is 14.2. The van der Waals surface area contributed by atoms with Gasteiger partial charge in [0.1, 0.15) is 4.21 Å². The molecule has 0 saturated heterocycles. The Kier molecular flexibility index (Phi) is 6.16. The average molecular weight is 342 g/mol. The van der Waals surface area contributed by atoms with Crippen molar-refractivity contribution in [2.45, 2.75) is 42.4 Å². The molecular formula is C15H22N2O3S2. The van der Waals surface area contributed by atoms with Crippen molar-refractivity contribution in [3.05, 3.63) is 30.2 Å². The maximum Gasteiger partial charge on any atom is 0.253 e. The molecule has 0 unspecified atom stereocenters. The number of nitrogens with one attached hydrogen (secondary N) is 1. The van der Waals surface area contributed by atoms with Crippen molar-refractivity contribution in [2.75, 3.05) is 13.1 Å². The lowest BCUT2D eigenvalue weighted by Gasteiger charge is -2.25. The molecule has 0 aromatic carbocycles. The van der Waals surface area contributed by atoms with Gasteiger partial charge in [0, 0.05) is 12.6 Å². The molecule has 1 fully saturated rings. The summed E-state index contributed by atoms with van der Waals surface area (Å²) in [5.41, 5.74) is 0. The van der Waals surface area contributed by atoms with Gasteiger partial charge in [0.2, 0.25) is 5.91 Å². The quantitative estimate of drug-likeness (QED) is 0.774. The Morgan fingerprint density at radius 2 is 2.14 bits per heavy atom. The molecule has 2 rings (SSSR count). The molecule has 0 atom stereocenters. The lowest BCUT2D eigenvalue weighted by molar-refractivity contribution is -0.122. The van der Waals surface area contributed by atoms with Crippen molar-refractivity contribution in [3.8, 4) is 0 Å². The number of hydrogen-bond acceptors (Lipinski definition) is 4. The van der Waals surface area contributed by atoms with E-state index < -0.39 is 10.0 Å². The van der Waals surface area contributed by atoms with E-state index in [1.807, 2.05) is 0 Å². The second-order valence-electron chi connectivity index (χ2n) is 5.42. The molecular weight excluding hydrogens is 320 g/mol. The van der Waals surface area contributed by atoms with Crippen LogP contribution in [0, 0.1) is 0 Å². The molecule has 1 amide bonds. The normalized spacial score (nSPS) is 16.6. The molecule has 1 heterocycles. The first kappa shape index (κ1) is 17.2. The number of hydrogen-bond donors (Lipinski definition) is 1. The Bertz CT molecular complexity index is 590. The predicted molar refractivity (Wildman–Crippen MR) is 88.3 cm³/mol. The maximum absolute atomic E-state index is 12.5. The fourth-order valence-corrected chi connectivity index (χ4v) is 5.12. The van der Waals surface area contributed by atoms with E-state index in [9.17, 15) is 13.2 Å². The minimum atomic E-state index is -3.64. The van der Waals surface area contributed by atoms with Gasteiger partial charge in [-0.1, -0.05) is 31.4 Å². The SMILES string of the molecule is C=CCN(CC(=O)NC1CCCCC1)S(=O)(=O)c1cccs1. The van der Waals surface area contributed by atoms with Crippen molar-refractivity contribution in [1.82, 2.24) is 9.62 Å². The van der Waals surface area contributed by atoms with Crippen LogP contribution in [0.5, 0.6) is 0 Å². The molecule has 0 spiro atoms. The van der Waals surface area contributed by atoms with Gasteiger partial charge in [-0.3, -0.25) is 4.79 Å². The Hall–Kier alpha value is -1.18. The van der Waals surface area contributed by atoms with Crippen LogP contribution in [-0.4, -0.2) is 37.8 Å². The fraction of sp³-hybridized carbons (Fsp3) is 0.533. The van der Waals surface area contributed by atoms with Crippen LogP contribution in [0.4, 0.5) is 0 Å². The monoisotopic (exact) mass is 342 g/mol. The summed E-state index contributed by atoms with van der Waals surface area (Å²) in [5.74, 6) is -0.242. The average Bonchev–Trinajstić information content (AvgIpc) is 3.03. The second-order valence-corrected chi connectivity index (χ2v) is 8.53. The molecule has 122 valence electrons. The highest BCUT2D eigenvalue weighted by Gasteiger charge is 2.27. The molecule has 1 aromatic heterocycles. The lowest BCUT2D eigenvalue weighted by atomic mass is 9.95. The largest absolute Gasteiger partial charge is 0.352 e. The van der Waals surface area contributed by atoms with Crippen LogP contribution >= 0.6 is 11.3 Å². The second kappa shape index (κ2) is 7.89. The van der Waals surface area contributed by atoms with Crippen LogP contribution in [0.2, 0.25) is 0 Å². The first-order valence-corrected chi connectivity index (χ1v) is 9.80. The number of rotatable bonds is 7. The van der Waals surface area contributed by atoms with Crippen LogP contribution < -0.4 is 5.32 Å². The van der Waals surface area contributed by atoms with E-state index in [1.165, 1.54) is 16.8 Å². The third-order valence-electron chi connectivity index (χ3n) is 3.71. The van der Waals surface area contributed by atoms with Gasteiger partial charge < -0.3 is 5.32 Å². The Morgan fingerprint density at radius 3 is 2.73 bits per heavy atom. The van der Waals surface area contributed by atoms with Crippen molar-refractivity contribution < 1.29 is 13.2 Å². The first-order chi connectivity index (χ1) is 10.5. The van der Waals surface area contributed by atoms with E-state index in [-0.39, 0.29) is 29.2 Å². The highest BCUT2D eigenvalue weighted by atomic mass is 32.2. The molecule has 1 saturated carbocycles. The van der Waals surface area contributed by atoms with E-state index in [0.717, 1.165) is 37.0 Å². The molecule has 7 heteroatoms. The van der Waals surface area contributed by atoms with Gasteiger partial charge in [0.05, 0.1) is 6.54 Å². The van der Waals surface area contributed by atoms with Crippen LogP contribution in [0.3, 0.4) is 0 Å². The zero-order chi connectivity index (χ0) is 16.0. The van der Waals surface area contributed by atoms with E-state index in [2.05, 4.69) is 11.9 Å². The van der Waals surface area contributed by atoms with Crippen LogP contribution in [0.1, 0.15) is 32.1 Å².